The number of carbonyl (C=O) groups is 1. The topological polar surface area (TPSA) is 150 Å². The Balaban J connectivity index is 2.22. The van der Waals surface area contributed by atoms with Crippen LogP contribution in [0.4, 0.5) is 4.39 Å². The van der Waals surface area contributed by atoms with Gasteiger partial charge in [0.25, 0.3) is 5.91 Å². The number of aliphatic hydroxyl groups excluding tert-OH is 2. The van der Waals surface area contributed by atoms with Crippen LogP contribution in [0.2, 0.25) is 0 Å². The van der Waals surface area contributed by atoms with Gasteiger partial charge in [-0.3, -0.25) is 4.79 Å². The van der Waals surface area contributed by atoms with Crippen molar-refractivity contribution in [3.63, 3.8) is 0 Å². The molecule has 0 aromatic heterocycles. The fraction of sp³-hybridized carbons (Fsp3) is 0.409. The van der Waals surface area contributed by atoms with Crippen molar-refractivity contribution in [1.82, 2.24) is 10.6 Å². The maximum atomic E-state index is 13.8. The first-order valence-corrected chi connectivity index (χ1v) is 15.1. The van der Waals surface area contributed by atoms with E-state index in [1.165, 1.54) is 48.5 Å². The minimum Gasteiger partial charge on any atom is -0.387 e. The molecule has 2 aromatic rings. The molecule has 0 spiro atoms. The number of carbonyl (C=O) groups excluding carboxylic acids is 1. The average molecular weight is 586 g/mol. The van der Waals surface area contributed by atoms with Gasteiger partial charge in [0.2, 0.25) is 0 Å². The number of amides is 1. The van der Waals surface area contributed by atoms with Gasteiger partial charge in [0.05, 0.1) is 28.0 Å². The van der Waals surface area contributed by atoms with E-state index in [1.807, 2.05) is 0 Å². The lowest BCUT2D eigenvalue weighted by Crippen LogP contribution is -2.50. The van der Waals surface area contributed by atoms with E-state index in [0.29, 0.717) is 0 Å². The monoisotopic (exact) mass is 584 g/mol. The van der Waals surface area contributed by atoms with E-state index >= 15 is 0 Å². The third-order valence-corrected chi connectivity index (χ3v) is 8.01. The van der Waals surface area contributed by atoms with Gasteiger partial charge in [-0.25, -0.2) is 21.2 Å². The minimum atomic E-state index is -3.47. The van der Waals surface area contributed by atoms with Crippen LogP contribution >= 0.6 is 23.2 Å². The number of hydrogen-bond acceptors (Lipinski definition) is 8. The van der Waals surface area contributed by atoms with Gasteiger partial charge in [-0.2, -0.15) is 0 Å². The molecule has 0 aliphatic heterocycles. The van der Waals surface area contributed by atoms with Crippen LogP contribution in [0.25, 0.3) is 0 Å². The van der Waals surface area contributed by atoms with Crippen molar-refractivity contribution < 1.29 is 36.2 Å². The Kier molecular flexibility index (Phi) is 10.7. The van der Waals surface area contributed by atoms with Crippen LogP contribution in [0.5, 0.6) is 0 Å². The predicted molar refractivity (Wildman–Crippen MR) is 134 cm³/mol. The van der Waals surface area contributed by atoms with Gasteiger partial charge in [-0.1, -0.05) is 47.5 Å². The molecule has 0 heterocycles. The number of aliphatic hydroxyl groups is 2. The molecule has 0 aliphatic rings. The van der Waals surface area contributed by atoms with Crippen LogP contribution in [0.3, 0.4) is 0 Å². The highest BCUT2D eigenvalue weighted by Gasteiger charge is 2.28. The second-order valence-corrected chi connectivity index (χ2v) is 13.3. The third kappa shape index (κ3) is 8.37. The van der Waals surface area contributed by atoms with Crippen LogP contribution in [-0.4, -0.2) is 75.6 Å². The van der Waals surface area contributed by atoms with Crippen molar-refractivity contribution in [2.75, 3.05) is 25.7 Å². The molecule has 0 radical (unpaired) electrons. The summed E-state index contributed by atoms with van der Waals surface area (Å²) in [6.45, 7) is -1.28. The van der Waals surface area contributed by atoms with Gasteiger partial charge in [-0.15, -0.1) is 0 Å². The molecule has 14 heteroatoms. The highest BCUT2D eigenvalue weighted by Crippen LogP contribution is 2.22. The zero-order valence-corrected chi connectivity index (χ0v) is 22.5. The molecule has 0 bridgehead atoms. The van der Waals surface area contributed by atoms with Crippen LogP contribution in [-0.2, 0) is 24.5 Å². The number of alkyl halides is 3. The maximum absolute atomic E-state index is 13.8. The number of nitrogens with one attached hydrogen (secondary N) is 2. The first-order chi connectivity index (χ1) is 16.6. The Hall–Kier alpha value is -1.80. The SMILES string of the molecule is CS(=O)(=O)c1ccc([C@H](O)[C@@H](CF)NC[C@@H](NC(=O)C(Cl)Cl)[C@@H](O)c2ccc(S(C)(=O)=O)cc2)cc1. The lowest BCUT2D eigenvalue weighted by atomic mass is 10.00. The van der Waals surface area contributed by atoms with E-state index in [1.54, 1.807) is 0 Å². The van der Waals surface area contributed by atoms with Gasteiger partial charge in [0, 0.05) is 19.1 Å². The Morgan fingerprint density at radius 2 is 1.22 bits per heavy atom. The number of hydrogen-bond donors (Lipinski definition) is 4. The Morgan fingerprint density at radius 3 is 1.56 bits per heavy atom. The van der Waals surface area contributed by atoms with Crippen LogP contribution in [0.1, 0.15) is 23.3 Å². The van der Waals surface area contributed by atoms with E-state index in [2.05, 4.69) is 10.6 Å². The Bertz CT molecular complexity index is 1240. The molecule has 200 valence electrons. The molecular weight excluding hydrogens is 558 g/mol. The summed E-state index contributed by atoms with van der Waals surface area (Å²) in [7, 11) is -6.92. The molecule has 0 fully saturated rings. The Labute approximate surface area is 219 Å². The molecular formula is C22H27Cl2FN2O7S2. The van der Waals surface area contributed by atoms with Crippen molar-refractivity contribution >= 4 is 48.8 Å². The molecule has 36 heavy (non-hydrogen) atoms. The van der Waals surface area contributed by atoms with Crippen LogP contribution in [0, 0.1) is 0 Å². The summed E-state index contributed by atoms with van der Waals surface area (Å²) < 4.78 is 60.4. The molecule has 0 unspecified atom stereocenters. The standard InChI is InChI=1S/C22H27Cl2FN2O7S2/c1-35(31,32)15-7-3-13(4-8-15)19(28)17(11-25)26-12-18(27-22(30)21(23)24)20(29)14-5-9-16(10-6-14)36(2,33)34/h3-10,17-21,26,28-29H,11-12H2,1-2H3,(H,27,30)/t17-,18-,19+,20+/m1/s1. The van der Waals surface area contributed by atoms with Gasteiger partial charge in [0.1, 0.15) is 12.8 Å². The summed E-state index contributed by atoms with van der Waals surface area (Å²) in [5.41, 5.74) is 0.500. The molecule has 2 rings (SSSR count). The largest absolute Gasteiger partial charge is 0.387 e. The molecule has 0 saturated carbocycles. The lowest BCUT2D eigenvalue weighted by Gasteiger charge is -2.29. The first kappa shape index (κ1) is 30.4. The summed E-state index contributed by atoms with van der Waals surface area (Å²) in [5, 5.41) is 26.6. The smallest absolute Gasteiger partial charge is 0.253 e. The number of rotatable bonds is 12. The zero-order valence-electron chi connectivity index (χ0n) is 19.3. The molecule has 4 N–H and O–H groups in total. The average Bonchev–Trinajstić information content (AvgIpc) is 2.81. The van der Waals surface area contributed by atoms with E-state index in [9.17, 15) is 36.2 Å². The predicted octanol–water partition coefficient (Wildman–Crippen LogP) is 1.48. The van der Waals surface area contributed by atoms with Gasteiger partial charge in [0.15, 0.2) is 24.5 Å². The molecule has 2 aromatic carbocycles. The lowest BCUT2D eigenvalue weighted by molar-refractivity contribution is -0.121. The summed E-state index contributed by atoms with van der Waals surface area (Å²) in [4.78, 5) is 10.7. The van der Waals surface area contributed by atoms with Gasteiger partial charge >= 0.3 is 0 Å². The summed E-state index contributed by atoms with van der Waals surface area (Å²) in [6.07, 6.45) is -0.706. The van der Waals surface area contributed by atoms with Crippen LogP contribution in [0.15, 0.2) is 58.3 Å². The highest BCUT2D eigenvalue weighted by molar-refractivity contribution is 7.91. The summed E-state index contributed by atoms with van der Waals surface area (Å²) in [5.74, 6) is -0.828. The number of sulfone groups is 2. The normalized spacial score (nSPS) is 15.8. The zero-order chi connectivity index (χ0) is 27.3. The van der Waals surface area contributed by atoms with Gasteiger partial charge in [-0.05, 0) is 35.4 Å². The highest BCUT2D eigenvalue weighted by atomic mass is 35.5. The third-order valence-electron chi connectivity index (χ3n) is 5.35. The summed E-state index contributed by atoms with van der Waals surface area (Å²) >= 11 is 11.2. The fourth-order valence-corrected chi connectivity index (χ4v) is 4.69. The van der Waals surface area contributed by atoms with E-state index in [-0.39, 0.29) is 27.5 Å². The van der Waals surface area contributed by atoms with Crippen molar-refractivity contribution in [1.29, 1.82) is 0 Å². The number of benzene rings is 2. The first-order valence-electron chi connectivity index (χ1n) is 10.5. The van der Waals surface area contributed by atoms with Crippen LogP contribution < -0.4 is 10.6 Å². The molecule has 1 amide bonds. The second-order valence-electron chi connectivity index (χ2n) is 8.16. The maximum Gasteiger partial charge on any atom is 0.253 e. The van der Waals surface area contributed by atoms with E-state index in [4.69, 9.17) is 23.2 Å². The molecule has 9 nitrogen and oxygen atoms in total. The molecule has 4 atom stereocenters. The van der Waals surface area contributed by atoms with Crippen molar-refractivity contribution in [2.45, 2.75) is 38.9 Å². The number of halogens is 3. The second kappa shape index (κ2) is 12.6. The van der Waals surface area contributed by atoms with E-state index < -0.39 is 61.4 Å². The van der Waals surface area contributed by atoms with Crippen molar-refractivity contribution in [3.05, 3.63) is 59.7 Å². The van der Waals surface area contributed by atoms with Crippen molar-refractivity contribution in [2.24, 2.45) is 0 Å². The minimum absolute atomic E-state index is 0.0289. The quantitative estimate of drug-likeness (QED) is 0.274. The fourth-order valence-electron chi connectivity index (χ4n) is 3.31. The molecule has 0 aliphatic carbocycles. The summed E-state index contributed by atoms with van der Waals surface area (Å²) in [6, 6.07) is 8.32. The Morgan fingerprint density at radius 1 is 0.833 bits per heavy atom. The van der Waals surface area contributed by atoms with E-state index in [0.717, 1.165) is 12.5 Å². The van der Waals surface area contributed by atoms with Crippen molar-refractivity contribution in [3.8, 4) is 0 Å². The molecule has 0 saturated heterocycles. The van der Waals surface area contributed by atoms with Gasteiger partial charge < -0.3 is 20.8 Å².